The summed E-state index contributed by atoms with van der Waals surface area (Å²) >= 11 is 0. The first kappa shape index (κ1) is 10.1. The fourth-order valence-corrected chi connectivity index (χ4v) is 1.20. The highest BCUT2D eigenvalue weighted by atomic mass is 15.0. The van der Waals surface area contributed by atoms with Crippen molar-refractivity contribution in [2.45, 2.75) is 0 Å². The van der Waals surface area contributed by atoms with E-state index in [1.54, 1.807) is 0 Å². The lowest BCUT2D eigenvalue weighted by atomic mass is 10.1. The van der Waals surface area contributed by atoms with E-state index < -0.39 is 0 Å². The molecule has 0 radical (unpaired) electrons. The smallest absolute Gasteiger partial charge is 0.155 e. The summed E-state index contributed by atoms with van der Waals surface area (Å²) in [5, 5.41) is 0. The van der Waals surface area contributed by atoms with E-state index in [1.165, 1.54) is 12.7 Å². The van der Waals surface area contributed by atoms with Gasteiger partial charge >= 0.3 is 0 Å². The third-order valence-electron chi connectivity index (χ3n) is 2.02. The molecular weight excluding hydrogens is 198 g/mol. The number of benzene rings is 1. The van der Waals surface area contributed by atoms with Gasteiger partial charge in [-0.1, -0.05) is 24.1 Å². The maximum absolute atomic E-state index is 5.27. The van der Waals surface area contributed by atoms with Crippen LogP contribution in [0.1, 0.15) is 17.0 Å². The van der Waals surface area contributed by atoms with Gasteiger partial charge in [0.2, 0.25) is 0 Å². The number of rotatable bonds is 2. The average molecular weight is 207 g/mol. The molecule has 2 aromatic rings. The number of nitrogens with zero attached hydrogens (tertiary/aromatic N) is 3. The Kier molecular flexibility index (Phi) is 3.05. The Morgan fingerprint density at radius 1 is 1.00 bits per heavy atom. The molecule has 2 rings (SSSR count). The Morgan fingerprint density at radius 2 is 1.69 bits per heavy atom. The third-order valence-corrected chi connectivity index (χ3v) is 2.02. The van der Waals surface area contributed by atoms with Crippen LogP contribution in [0, 0.1) is 12.3 Å². The van der Waals surface area contributed by atoms with Gasteiger partial charge in [0.05, 0.1) is 0 Å². The molecule has 3 heteroatoms. The molecule has 0 spiro atoms. The fourth-order valence-electron chi connectivity index (χ4n) is 1.20. The number of aromatic nitrogens is 3. The van der Waals surface area contributed by atoms with E-state index in [0.29, 0.717) is 5.82 Å². The van der Waals surface area contributed by atoms with Gasteiger partial charge in [-0.2, -0.15) is 0 Å². The minimum Gasteiger partial charge on any atom is -0.225 e. The van der Waals surface area contributed by atoms with Crippen LogP contribution < -0.4 is 0 Å². The molecule has 0 aliphatic heterocycles. The highest BCUT2D eigenvalue weighted by Crippen LogP contribution is 2.06. The first-order chi connectivity index (χ1) is 7.88. The molecule has 0 saturated heterocycles. The van der Waals surface area contributed by atoms with Crippen molar-refractivity contribution >= 4 is 12.2 Å². The first-order valence-corrected chi connectivity index (χ1v) is 4.75. The monoisotopic (exact) mass is 207 g/mol. The van der Waals surface area contributed by atoms with Gasteiger partial charge in [-0.05, 0) is 23.8 Å². The predicted molar refractivity (Wildman–Crippen MR) is 63.1 cm³/mol. The van der Waals surface area contributed by atoms with E-state index in [0.717, 1.165) is 11.1 Å². The molecule has 0 bridgehead atoms. The lowest BCUT2D eigenvalue weighted by Crippen LogP contribution is -1.86. The molecule has 0 saturated carbocycles. The van der Waals surface area contributed by atoms with E-state index >= 15 is 0 Å². The average Bonchev–Trinajstić information content (AvgIpc) is 2.38. The lowest BCUT2D eigenvalue weighted by molar-refractivity contribution is 1.03. The van der Waals surface area contributed by atoms with Crippen molar-refractivity contribution in [1.82, 2.24) is 15.0 Å². The van der Waals surface area contributed by atoms with Crippen LogP contribution in [0.15, 0.2) is 36.9 Å². The topological polar surface area (TPSA) is 38.7 Å². The van der Waals surface area contributed by atoms with E-state index in [9.17, 15) is 0 Å². The molecule has 0 atom stereocenters. The van der Waals surface area contributed by atoms with Crippen LogP contribution in [0.4, 0.5) is 0 Å². The molecule has 1 heterocycles. The van der Waals surface area contributed by atoms with Gasteiger partial charge in [0.15, 0.2) is 5.82 Å². The van der Waals surface area contributed by atoms with Gasteiger partial charge in [0.25, 0.3) is 0 Å². The quantitative estimate of drug-likeness (QED) is 0.707. The molecule has 16 heavy (non-hydrogen) atoms. The van der Waals surface area contributed by atoms with E-state index in [4.69, 9.17) is 6.42 Å². The molecular formula is C13H9N3. The highest BCUT2D eigenvalue weighted by molar-refractivity contribution is 5.66. The van der Waals surface area contributed by atoms with Crippen LogP contribution in [0.25, 0.3) is 12.2 Å². The zero-order chi connectivity index (χ0) is 11.2. The van der Waals surface area contributed by atoms with Crippen molar-refractivity contribution in [3.05, 3.63) is 53.9 Å². The maximum Gasteiger partial charge on any atom is 0.155 e. The van der Waals surface area contributed by atoms with E-state index in [-0.39, 0.29) is 0 Å². The van der Waals surface area contributed by atoms with Gasteiger partial charge < -0.3 is 0 Å². The molecule has 0 aliphatic carbocycles. The molecule has 1 aromatic heterocycles. The van der Waals surface area contributed by atoms with Crippen LogP contribution in [0.5, 0.6) is 0 Å². The van der Waals surface area contributed by atoms with Crippen LogP contribution in [0.2, 0.25) is 0 Å². The van der Waals surface area contributed by atoms with Gasteiger partial charge in [-0.3, -0.25) is 0 Å². The number of hydrogen-bond acceptors (Lipinski definition) is 3. The number of hydrogen-bond donors (Lipinski definition) is 0. The Balaban J connectivity index is 2.15. The van der Waals surface area contributed by atoms with Crippen LogP contribution in [-0.4, -0.2) is 15.0 Å². The minimum absolute atomic E-state index is 0.635. The summed E-state index contributed by atoms with van der Waals surface area (Å²) < 4.78 is 0. The van der Waals surface area contributed by atoms with Gasteiger partial charge in [-0.15, -0.1) is 6.42 Å². The second-order valence-electron chi connectivity index (χ2n) is 3.10. The summed E-state index contributed by atoms with van der Waals surface area (Å²) in [6.45, 7) is 0. The highest BCUT2D eigenvalue weighted by Gasteiger charge is 1.90. The van der Waals surface area contributed by atoms with Crippen molar-refractivity contribution < 1.29 is 0 Å². The molecule has 0 fully saturated rings. The largest absolute Gasteiger partial charge is 0.225 e. The summed E-state index contributed by atoms with van der Waals surface area (Å²) in [7, 11) is 0. The molecule has 3 nitrogen and oxygen atoms in total. The zero-order valence-corrected chi connectivity index (χ0v) is 8.54. The summed E-state index contributed by atoms with van der Waals surface area (Å²) in [5.74, 6) is 3.21. The van der Waals surface area contributed by atoms with Crippen LogP contribution in [-0.2, 0) is 0 Å². The van der Waals surface area contributed by atoms with Crippen LogP contribution in [0.3, 0.4) is 0 Å². The molecule has 76 valence electrons. The second kappa shape index (κ2) is 4.85. The Hall–Kier alpha value is -2.47. The Labute approximate surface area is 93.9 Å². The minimum atomic E-state index is 0.635. The SMILES string of the molecule is C#Cc1ccc(/C=C/c2ncncn2)cc1. The predicted octanol–water partition coefficient (Wildman–Crippen LogP) is 2.02. The summed E-state index contributed by atoms with van der Waals surface area (Å²) in [6, 6.07) is 7.69. The summed E-state index contributed by atoms with van der Waals surface area (Å²) in [4.78, 5) is 11.7. The van der Waals surface area contributed by atoms with Crippen molar-refractivity contribution in [1.29, 1.82) is 0 Å². The van der Waals surface area contributed by atoms with Gasteiger partial charge in [0, 0.05) is 5.56 Å². The van der Waals surface area contributed by atoms with E-state index in [1.807, 2.05) is 36.4 Å². The lowest BCUT2D eigenvalue weighted by Gasteiger charge is -1.93. The van der Waals surface area contributed by atoms with Gasteiger partial charge in [-0.25, -0.2) is 15.0 Å². The molecule has 0 aliphatic rings. The van der Waals surface area contributed by atoms with Crippen molar-refractivity contribution in [2.24, 2.45) is 0 Å². The second-order valence-corrected chi connectivity index (χ2v) is 3.10. The standard InChI is InChI=1S/C13H9N3/c1-2-11-3-5-12(6-4-11)7-8-13-15-9-14-10-16-13/h1,3-10H/b8-7+. The number of terminal acetylenes is 1. The van der Waals surface area contributed by atoms with Crippen molar-refractivity contribution in [2.75, 3.05) is 0 Å². The van der Waals surface area contributed by atoms with Gasteiger partial charge in [0.1, 0.15) is 12.7 Å². The summed E-state index contributed by atoms with van der Waals surface area (Å²) in [6.07, 6.45) is 12.0. The molecule has 0 unspecified atom stereocenters. The molecule has 0 amide bonds. The van der Waals surface area contributed by atoms with E-state index in [2.05, 4.69) is 20.9 Å². The third kappa shape index (κ3) is 2.52. The maximum atomic E-state index is 5.27. The Morgan fingerprint density at radius 3 is 2.31 bits per heavy atom. The molecule has 1 aromatic carbocycles. The first-order valence-electron chi connectivity index (χ1n) is 4.75. The normalized spacial score (nSPS) is 10.2. The van der Waals surface area contributed by atoms with Crippen molar-refractivity contribution in [3.8, 4) is 12.3 Å². The summed E-state index contributed by atoms with van der Waals surface area (Å²) in [5.41, 5.74) is 1.93. The fraction of sp³-hybridized carbons (Fsp3) is 0. The Bertz CT molecular complexity index is 521. The van der Waals surface area contributed by atoms with Crippen LogP contribution >= 0.6 is 0 Å². The molecule has 0 N–H and O–H groups in total. The van der Waals surface area contributed by atoms with Crippen molar-refractivity contribution in [3.63, 3.8) is 0 Å². The zero-order valence-electron chi connectivity index (χ0n) is 8.54.